The number of carbonyl (C=O) groups excluding carboxylic acids is 4. The molecule has 3 fully saturated rings. The van der Waals surface area contributed by atoms with Gasteiger partial charge in [0, 0.05) is 22.2 Å². The van der Waals surface area contributed by atoms with E-state index in [0.717, 1.165) is 31.2 Å². The fraction of sp³-hybridized carbons (Fsp3) is 0.259. The van der Waals surface area contributed by atoms with Crippen LogP contribution in [-0.2, 0) is 14.4 Å². The van der Waals surface area contributed by atoms with Gasteiger partial charge in [0.1, 0.15) is 5.57 Å². The van der Waals surface area contributed by atoms with Gasteiger partial charge in [-0.2, -0.15) is 0 Å². The molecule has 1 N–H and O–H groups in total. The summed E-state index contributed by atoms with van der Waals surface area (Å²) < 4.78 is 6.69. The number of amides is 4. The average Bonchev–Trinajstić information content (AvgIpc) is 3.47. The molecule has 36 heavy (non-hydrogen) atoms. The zero-order chi connectivity index (χ0) is 25.4. The Hall–Kier alpha value is -3.04. The quantitative estimate of drug-likeness (QED) is 0.209. The van der Waals surface area contributed by atoms with Gasteiger partial charge in [0.25, 0.3) is 11.8 Å². The highest BCUT2D eigenvalue weighted by Gasteiger charge is 2.49. The van der Waals surface area contributed by atoms with Gasteiger partial charge >= 0.3 is 12.0 Å². The number of halogens is 2. The van der Waals surface area contributed by atoms with E-state index in [1.54, 1.807) is 18.2 Å². The van der Waals surface area contributed by atoms with Gasteiger partial charge in [-0.25, -0.2) is 9.59 Å². The van der Waals surface area contributed by atoms with Crippen molar-refractivity contribution in [3.05, 3.63) is 74.2 Å². The highest BCUT2D eigenvalue weighted by molar-refractivity contribution is 9.11. The van der Waals surface area contributed by atoms with Crippen molar-refractivity contribution in [2.75, 3.05) is 0 Å². The van der Waals surface area contributed by atoms with Crippen LogP contribution in [0.4, 0.5) is 4.79 Å². The van der Waals surface area contributed by atoms with E-state index in [4.69, 9.17) is 4.74 Å². The van der Waals surface area contributed by atoms with Gasteiger partial charge in [-0.1, -0.05) is 52.7 Å². The zero-order valence-corrected chi connectivity index (χ0v) is 22.3. The lowest BCUT2D eigenvalue weighted by Crippen LogP contribution is -2.58. The van der Waals surface area contributed by atoms with E-state index >= 15 is 0 Å². The third-order valence-electron chi connectivity index (χ3n) is 6.92. The standard InChI is InChI=1S/C27H22Br2N2O5/c28-19-12-18(24(21(29)14-19)36-23(32)9-7-15-4-2-1-3-5-15)13-20-25(33)30-27(35)31(26(20)34)22-11-16-6-8-17(22)10-16/h1-5,7,9,12-14,16-17,22H,6,8,10-11H2,(H,30,33,35)/b9-7+,20-13-/t16-,17-,22+/m0/s1. The maximum atomic E-state index is 13.4. The Morgan fingerprint density at radius 1 is 1.06 bits per heavy atom. The molecule has 1 heterocycles. The topological polar surface area (TPSA) is 92.8 Å². The molecule has 4 amide bonds. The number of rotatable bonds is 5. The second-order valence-corrected chi connectivity index (χ2v) is 11.0. The summed E-state index contributed by atoms with van der Waals surface area (Å²) in [6.07, 6.45) is 8.16. The molecule has 0 radical (unpaired) electrons. The van der Waals surface area contributed by atoms with Gasteiger partial charge in [0.15, 0.2) is 5.75 Å². The van der Waals surface area contributed by atoms with E-state index in [2.05, 4.69) is 37.2 Å². The molecule has 2 aromatic carbocycles. The van der Waals surface area contributed by atoms with Crippen LogP contribution in [0.1, 0.15) is 36.8 Å². The summed E-state index contributed by atoms with van der Waals surface area (Å²) >= 11 is 6.81. The van der Waals surface area contributed by atoms with Crippen LogP contribution in [0.5, 0.6) is 5.75 Å². The molecule has 7 nitrogen and oxygen atoms in total. The summed E-state index contributed by atoms with van der Waals surface area (Å²) in [4.78, 5) is 52.5. The van der Waals surface area contributed by atoms with Gasteiger partial charge < -0.3 is 4.74 Å². The SMILES string of the molecule is O=C(/C=C/c1ccccc1)Oc1c(Br)cc(Br)cc1/C=C1/C(=O)NC(=O)N([C@@H]2C[C@H]3CC[C@H]2C3)C1=O. The Bertz CT molecular complexity index is 1320. The lowest BCUT2D eigenvalue weighted by atomic mass is 9.93. The number of esters is 1. The predicted molar refractivity (Wildman–Crippen MR) is 141 cm³/mol. The molecule has 5 rings (SSSR count). The number of barbiturate groups is 1. The molecular weight excluding hydrogens is 592 g/mol. The second-order valence-electron chi connectivity index (χ2n) is 9.21. The Kier molecular flexibility index (Phi) is 6.94. The summed E-state index contributed by atoms with van der Waals surface area (Å²) in [7, 11) is 0. The van der Waals surface area contributed by atoms with Crippen LogP contribution in [0.25, 0.3) is 12.2 Å². The van der Waals surface area contributed by atoms with E-state index in [9.17, 15) is 19.2 Å². The minimum atomic E-state index is -0.776. The predicted octanol–water partition coefficient (Wildman–Crippen LogP) is 5.48. The lowest BCUT2D eigenvalue weighted by Gasteiger charge is -2.35. The monoisotopic (exact) mass is 612 g/mol. The first-order chi connectivity index (χ1) is 17.3. The molecule has 3 atom stereocenters. The highest BCUT2D eigenvalue weighted by Crippen LogP contribution is 2.47. The molecule has 2 aromatic rings. The normalized spacial score (nSPS) is 24.6. The van der Waals surface area contributed by atoms with Crippen molar-refractivity contribution in [2.24, 2.45) is 11.8 Å². The number of ether oxygens (including phenoxy) is 1. The summed E-state index contributed by atoms with van der Waals surface area (Å²) in [6, 6.07) is 11.8. The van der Waals surface area contributed by atoms with Crippen LogP contribution >= 0.6 is 31.9 Å². The Morgan fingerprint density at radius 2 is 1.83 bits per heavy atom. The number of carbonyl (C=O) groups is 4. The second kappa shape index (κ2) is 10.1. The van der Waals surface area contributed by atoms with Gasteiger partial charge in [0.2, 0.25) is 0 Å². The average molecular weight is 614 g/mol. The fourth-order valence-electron chi connectivity index (χ4n) is 5.31. The van der Waals surface area contributed by atoms with E-state index in [1.165, 1.54) is 17.1 Å². The first kappa shape index (κ1) is 24.6. The van der Waals surface area contributed by atoms with Crippen LogP contribution in [0, 0.1) is 11.8 Å². The Balaban J connectivity index is 1.44. The Labute approximate surface area is 224 Å². The maximum absolute atomic E-state index is 13.4. The number of hydrogen-bond donors (Lipinski definition) is 1. The molecule has 2 bridgehead atoms. The lowest BCUT2D eigenvalue weighted by molar-refractivity contribution is -0.132. The van der Waals surface area contributed by atoms with Gasteiger partial charge in [-0.05, 0) is 76.9 Å². The fourth-order valence-corrected chi connectivity index (χ4v) is 6.65. The molecule has 2 saturated carbocycles. The molecule has 9 heteroatoms. The van der Waals surface area contributed by atoms with Crippen molar-refractivity contribution in [3.63, 3.8) is 0 Å². The zero-order valence-electron chi connectivity index (χ0n) is 19.1. The maximum Gasteiger partial charge on any atom is 0.336 e. The van der Waals surface area contributed by atoms with E-state index < -0.39 is 23.8 Å². The van der Waals surface area contributed by atoms with Crippen molar-refractivity contribution in [2.45, 2.75) is 31.7 Å². The molecule has 2 aliphatic carbocycles. The van der Waals surface area contributed by atoms with Gasteiger partial charge in [0.05, 0.1) is 4.47 Å². The smallest absolute Gasteiger partial charge is 0.336 e. The molecular formula is C27H22Br2N2O5. The molecule has 0 aromatic heterocycles. The number of urea groups is 1. The van der Waals surface area contributed by atoms with Crippen LogP contribution in [-0.4, -0.2) is 34.8 Å². The molecule has 0 unspecified atom stereocenters. The number of fused-ring (bicyclic) bond motifs is 2. The van der Waals surface area contributed by atoms with Gasteiger partial charge in [-0.15, -0.1) is 0 Å². The highest BCUT2D eigenvalue weighted by atomic mass is 79.9. The molecule has 1 aliphatic heterocycles. The van der Waals surface area contributed by atoms with Crippen molar-refractivity contribution < 1.29 is 23.9 Å². The summed E-state index contributed by atoms with van der Waals surface area (Å²) in [5.41, 5.74) is 0.986. The van der Waals surface area contributed by atoms with E-state index in [-0.39, 0.29) is 23.3 Å². The number of nitrogens with one attached hydrogen (secondary N) is 1. The van der Waals surface area contributed by atoms with Crippen molar-refractivity contribution in [3.8, 4) is 5.75 Å². The largest absolute Gasteiger partial charge is 0.422 e. The Morgan fingerprint density at radius 3 is 2.53 bits per heavy atom. The molecule has 184 valence electrons. The molecule has 3 aliphatic rings. The third kappa shape index (κ3) is 4.95. The van der Waals surface area contributed by atoms with Crippen molar-refractivity contribution >= 4 is 67.8 Å². The van der Waals surface area contributed by atoms with E-state index in [0.29, 0.717) is 20.4 Å². The third-order valence-corrected chi connectivity index (χ3v) is 7.96. The van der Waals surface area contributed by atoms with Crippen molar-refractivity contribution in [1.29, 1.82) is 0 Å². The number of imide groups is 2. The van der Waals surface area contributed by atoms with Gasteiger partial charge in [-0.3, -0.25) is 19.8 Å². The first-order valence-corrected chi connectivity index (χ1v) is 13.2. The number of hydrogen-bond acceptors (Lipinski definition) is 5. The number of benzene rings is 2. The number of nitrogens with zero attached hydrogens (tertiary/aromatic N) is 1. The minimum absolute atomic E-state index is 0.150. The molecule has 1 saturated heterocycles. The van der Waals surface area contributed by atoms with Crippen LogP contribution in [0.15, 0.2) is 63.1 Å². The van der Waals surface area contributed by atoms with Crippen LogP contribution in [0.2, 0.25) is 0 Å². The first-order valence-electron chi connectivity index (χ1n) is 11.6. The van der Waals surface area contributed by atoms with Crippen LogP contribution < -0.4 is 10.1 Å². The van der Waals surface area contributed by atoms with Crippen molar-refractivity contribution in [1.82, 2.24) is 10.2 Å². The summed E-state index contributed by atoms with van der Waals surface area (Å²) in [5.74, 6) is -1.09. The minimum Gasteiger partial charge on any atom is -0.422 e. The van der Waals surface area contributed by atoms with E-state index in [1.807, 2.05) is 30.3 Å². The summed E-state index contributed by atoms with van der Waals surface area (Å²) in [6.45, 7) is 0. The summed E-state index contributed by atoms with van der Waals surface area (Å²) in [5, 5.41) is 2.31. The molecule has 0 spiro atoms. The van der Waals surface area contributed by atoms with Crippen LogP contribution in [0.3, 0.4) is 0 Å².